The largest absolute Gasteiger partial charge is 0.335 e. The highest BCUT2D eigenvalue weighted by molar-refractivity contribution is 5.90. The van der Waals surface area contributed by atoms with E-state index in [1.165, 1.54) is 0 Å². The zero-order chi connectivity index (χ0) is 6.43. The maximum Gasteiger partial charge on any atom is 0.232 e. The van der Waals surface area contributed by atoms with Gasteiger partial charge in [0.25, 0.3) is 0 Å². The Kier molecular flexibility index (Phi) is 0.770. The number of nitrogens with zero attached hydrogens (tertiary/aromatic N) is 1. The lowest BCUT2D eigenvalue weighted by Gasteiger charge is -2.49. The molecule has 2 aliphatic rings. The van der Waals surface area contributed by atoms with Gasteiger partial charge in [-0.15, -0.1) is 0 Å². The highest BCUT2D eigenvalue weighted by Crippen LogP contribution is 2.35. The fourth-order valence-corrected chi connectivity index (χ4v) is 1.47. The number of carbonyl (C=O) groups is 1. The minimum Gasteiger partial charge on any atom is -0.335 e. The van der Waals surface area contributed by atoms with Crippen LogP contribution in [0.5, 0.6) is 0 Å². The van der Waals surface area contributed by atoms with Gasteiger partial charge in [-0.05, 0) is 6.92 Å². The summed E-state index contributed by atoms with van der Waals surface area (Å²) in [4.78, 5) is 12.8. The molecule has 0 spiro atoms. The number of likely N-dealkylation sites (tertiary alicyclic amines) is 1. The van der Waals surface area contributed by atoms with Crippen molar-refractivity contribution in [3.63, 3.8) is 0 Å². The van der Waals surface area contributed by atoms with E-state index in [0.29, 0.717) is 11.9 Å². The minimum atomic E-state index is 0.268. The van der Waals surface area contributed by atoms with Crippen LogP contribution in [0.4, 0.5) is 0 Å². The van der Waals surface area contributed by atoms with E-state index in [4.69, 9.17) is 0 Å². The van der Waals surface area contributed by atoms with Crippen LogP contribution in [-0.2, 0) is 4.79 Å². The van der Waals surface area contributed by atoms with Crippen molar-refractivity contribution in [2.24, 2.45) is 5.92 Å². The molecule has 1 heterocycles. The molecule has 1 fully saturated rings. The molecule has 0 radical (unpaired) electrons. The SMILES string of the molecule is CCN1C(=O)[C@H]2C=C[C@@H]21. The number of amides is 1. The van der Waals surface area contributed by atoms with Crippen molar-refractivity contribution in [3.05, 3.63) is 12.2 Å². The molecule has 2 nitrogen and oxygen atoms in total. The number of likely N-dealkylation sites (N-methyl/N-ethyl adjacent to an activating group) is 1. The zero-order valence-electron chi connectivity index (χ0n) is 5.37. The first kappa shape index (κ1) is 5.03. The van der Waals surface area contributed by atoms with E-state index in [0.717, 1.165) is 6.54 Å². The molecular weight excluding hydrogens is 114 g/mol. The Labute approximate surface area is 54.1 Å². The molecule has 1 aliphatic heterocycles. The molecule has 0 aromatic rings. The standard InChI is InChI=1S/C7H9NO/c1-2-8-6-4-3-5(6)7(8)9/h3-6H,2H2,1H3/t5-,6-/m0/s1. The predicted octanol–water partition coefficient (Wildman–Crippen LogP) is 0.403. The first-order valence-corrected chi connectivity index (χ1v) is 3.33. The summed E-state index contributed by atoms with van der Waals surface area (Å²) in [5, 5.41) is 0. The second-order valence-corrected chi connectivity index (χ2v) is 2.53. The summed E-state index contributed by atoms with van der Waals surface area (Å²) < 4.78 is 0. The molecule has 1 saturated heterocycles. The van der Waals surface area contributed by atoms with Crippen LogP contribution in [0.3, 0.4) is 0 Å². The fourth-order valence-electron chi connectivity index (χ4n) is 1.47. The Bertz CT molecular complexity index is 185. The summed E-state index contributed by atoms with van der Waals surface area (Å²) in [6.07, 6.45) is 4.08. The molecule has 2 heteroatoms. The summed E-state index contributed by atoms with van der Waals surface area (Å²) >= 11 is 0. The molecule has 0 bridgehead atoms. The zero-order valence-corrected chi connectivity index (χ0v) is 5.37. The number of hydrogen-bond donors (Lipinski definition) is 0. The third kappa shape index (κ3) is 0.397. The van der Waals surface area contributed by atoms with Crippen LogP contribution >= 0.6 is 0 Å². The van der Waals surface area contributed by atoms with Gasteiger partial charge in [0.15, 0.2) is 0 Å². The van der Waals surface area contributed by atoms with Crippen LogP contribution in [0.15, 0.2) is 12.2 Å². The number of rotatable bonds is 1. The van der Waals surface area contributed by atoms with Crippen LogP contribution < -0.4 is 0 Å². The van der Waals surface area contributed by atoms with E-state index in [1.807, 2.05) is 17.9 Å². The van der Waals surface area contributed by atoms with E-state index in [1.54, 1.807) is 0 Å². The number of hydrogen-bond acceptors (Lipinski definition) is 1. The molecular formula is C7H9NO. The summed E-state index contributed by atoms with van der Waals surface area (Å²) in [7, 11) is 0. The Balaban J connectivity index is 2.15. The van der Waals surface area contributed by atoms with Crippen LogP contribution in [-0.4, -0.2) is 23.4 Å². The molecule has 0 aromatic heterocycles. The van der Waals surface area contributed by atoms with Crippen LogP contribution in [0.2, 0.25) is 0 Å². The summed E-state index contributed by atoms with van der Waals surface area (Å²) in [5.41, 5.74) is 0. The normalized spacial score (nSPS) is 37.4. The average molecular weight is 123 g/mol. The van der Waals surface area contributed by atoms with Gasteiger partial charge >= 0.3 is 0 Å². The van der Waals surface area contributed by atoms with Gasteiger partial charge in [0.05, 0.1) is 12.0 Å². The maximum atomic E-state index is 10.9. The van der Waals surface area contributed by atoms with E-state index < -0.39 is 0 Å². The van der Waals surface area contributed by atoms with Crippen LogP contribution in [0, 0.1) is 5.92 Å². The maximum absolute atomic E-state index is 10.9. The molecule has 1 amide bonds. The summed E-state index contributed by atoms with van der Waals surface area (Å²) in [6.45, 7) is 2.88. The fraction of sp³-hybridized carbons (Fsp3) is 0.571. The molecule has 2 atom stereocenters. The van der Waals surface area contributed by atoms with Crippen molar-refractivity contribution in [2.45, 2.75) is 13.0 Å². The van der Waals surface area contributed by atoms with Crippen molar-refractivity contribution in [1.82, 2.24) is 4.90 Å². The molecule has 0 N–H and O–H groups in total. The van der Waals surface area contributed by atoms with Crippen molar-refractivity contribution >= 4 is 5.91 Å². The highest BCUT2D eigenvalue weighted by Gasteiger charge is 2.47. The lowest BCUT2D eigenvalue weighted by Crippen LogP contribution is -2.62. The smallest absolute Gasteiger partial charge is 0.232 e. The minimum absolute atomic E-state index is 0.268. The molecule has 1 aliphatic carbocycles. The third-order valence-electron chi connectivity index (χ3n) is 2.15. The number of fused-ring (bicyclic) bond motifs is 1. The van der Waals surface area contributed by atoms with Crippen LogP contribution in [0.1, 0.15) is 6.92 Å². The first-order valence-electron chi connectivity index (χ1n) is 3.33. The van der Waals surface area contributed by atoms with Crippen LogP contribution in [0.25, 0.3) is 0 Å². The molecule has 2 rings (SSSR count). The van der Waals surface area contributed by atoms with Crippen molar-refractivity contribution in [2.75, 3.05) is 6.54 Å². The Morgan fingerprint density at radius 3 is 2.67 bits per heavy atom. The van der Waals surface area contributed by atoms with Gasteiger partial charge in [-0.1, -0.05) is 12.2 Å². The van der Waals surface area contributed by atoms with E-state index >= 15 is 0 Å². The monoisotopic (exact) mass is 123 g/mol. The summed E-state index contributed by atoms with van der Waals surface area (Å²) in [6, 6.07) is 0.475. The van der Waals surface area contributed by atoms with Gasteiger partial charge < -0.3 is 4.90 Å². The van der Waals surface area contributed by atoms with Gasteiger partial charge in [-0.3, -0.25) is 4.79 Å². The third-order valence-corrected chi connectivity index (χ3v) is 2.15. The second kappa shape index (κ2) is 1.38. The molecule has 0 aromatic carbocycles. The van der Waals surface area contributed by atoms with Gasteiger partial charge in [-0.2, -0.15) is 0 Å². The van der Waals surface area contributed by atoms with Crippen molar-refractivity contribution in [3.8, 4) is 0 Å². The molecule has 0 saturated carbocycles. The molecule has 0 unspecified atom stereocenters. The number of carbonyl (C=O) groups excluding carboxylic acids is 1. The topological polar surface area (TPSA) is 20.3 Å². The second-order valence-electron chi connectivity index (χ2n) is 2.53. The summed E-state index contributed by atoms with van der Waals surface area (Å²) in [5.74, 6) is 0.579. The van der Waals surface area contributed by atoms with Crippen molar-refractivity contribution < 1.29 is 4.79 Å². The Hall–Kier alpha value is -0.790. The predicted molar refractivity (Wildman–Crippen MR) is 33.8 cm³/mol. The Morgan fingerprint density at radius 1 is 1.67 bits per heavy atom. The average Bonchev–Trinajstić information content (AvgIpc) is 1.79. The van der Waals surface area contributed by atoms with Gasteiger partial charge in [0.1, 0.15) is 0 Å². The quantitative estimate of drug-likeness (QED) is 0.365. The van der Waals surface area contributed by atoms with Crippen molar-refractivity contribution in [1.29, 1.82) is 0 Å². The lowest BCUT2D eigenvalue weighted by molar-refractivity contribution is -0.151. The first-order chi connectivity index (χ1) is 4.34. The Morgan fingerprint density at radius 2 is 2.44 bits per heavy atom. The molecule has 48 valence electrons. The van der Waals surface area contributed by atoms with E-state index in [-0.39, 0.29) is 5.92 Å². The van der Waals surface area contributed by atoms with Gasteiger partial charge in [0, 0.05) is 6.54 Å². The van der Waals surface area contributed by atoms with Gasteiger partial charge in [0.2, 0.25) is 5.91 Å². The lowest BCUT2D eigenvalue weighted by atomic mass is 9.78. The highest BCUT2D eigenvalue weighted by atomic mass is 16.2. The van der Waals surface area contributed by atoms with E-state index in [2.05, 4.69) is 6.08 Å². The van der Waals surface area contributed by atoms with E-state index in [9.17, 15) is 4.79 Å². The number of β-lactam (4-membered cyclic amide) rings is 1. The van der Waals surface area contributed by atoms with Gasteiger partial charge in [-0.25, -0.2) is 0 Å². The molecule has 9 heavy (non-hydrogen) atoms.